The Kier molecular flexibility index (Phi) is 4.64. The van der Waals surface area contributed by atoms with Crippen LogP contribution in [0.25, 0.3) is 0 Å². The number of thioether (sulfide) groups is 1. The minimum Gasteiger partial charge on any atom is -0.364 e. The predicted octanol–water partition coefficient (Wildman–Crippen LogP) is 1.16. The van der Waals surface area contributed by atoms with Crippen LogP contribution < -0.4 is 0 Å². The Balaban J connectivity index is 3.50. The molecular formula is C6H11NOS2. The highest BCUT2D eigenvalue weighted by Crippen LogP contribution is 2.05. The summed E-state index contributed by atoms with van der Waals surface area (Å²) >= 11 is 6.33. The van der Waals surface area contributed by atoms with Crippen LogP contribution in [0.1, 0.15) is 6.92 Å². The smallest absolute Gasteiger partial charge is 0.140 e. The van der Waals surface area contributed by atoms with Gasteiger partial charge in [-0.25, -0.2) is 0 Å². The molecule has 0 aromatic carbocycles. The number of ketones is 1. The van der Waals surface area contributed by atoms with Gasteiger partial charge >= 0.3 is 0 Å². The Morgan fingerprint density at radius 2 is 2.10 bits per heavy atom. The summed E-state index contributed by atoms with van der Waals surface area (Å²) in [6.07, 6.45) is 0. The van der Waals surface area contributed by atoms with Crippen LogP contribution in [-0.4, -0.2) is 34.9 Å². The monoisotopic (exact) mass is 177 g/mol. The van der Waals surface area contributed by atoms with Crippen molar-refractivity contribution >= 4 is 34.1 Å². The summed E-state index contributed by atoms with van der Waals surface area (Å²) < 4.78 is 0.759. The maximum Gasteiger partial charge on any atom is 0.140 e. The molecule has 0 atom stereocenters. The first kappa shape index (κ1) is 9.91. The third-order valence-corrected chi connectivity index (χ3v) is 2.65. The largest absolute Gasteiger partial charge is 0.364 e. The first-order valence-electron chi connectivity index (χ1n) is 2.87. The molecule has 0 rings (SSSR count). The molecule has 0 saturated heterocycles. The number of rotatable bonds is 2. The van der Waals surface area contributed by atoms with E-state index in [1.165, 1.54) is 11.8 Å². The Morgan fingerprint density at radius 1 is 1.60 bits per heavy atom. The molecule has 0 aromatic rings. The lowest BCUT2D eigenvalue weighted by Gasteiger charge is -2.10. The van der Waals surface area contributed by atoms with Gasteiger partial charge < -0.3 is 4.90 Å². The van der Waals surface area contributed by atoms with Crippen molar-refractivity contribution in [3.8, 4) is 0 Å². The standard InChI is InChI=1S/C6H11NOS2/c1-5(8)4-10-6(9)7(2)3/h4H2,1-3H3. The van der Waals surface area contributed by atoms with E-state index in [0.29, 0.717) is 5.75 Å². The third kappa shape index (κ3) is 4.76. The molecule has 0 unspecified atom stereocenters. The zero-order valence-corrected chi connectivity index (χ0v) is 8.01. The number of hydrogen-bond donors (Lipinski definition) is 0. The van der Waals surface area contributed by atoms with Crippen LogP contribution >= 0.6 is 24.0 Å². The molecule has 2 nitrogen and oxygen atoms in total. The highest BCUT2D eigenvalue weighted by atomic mass is 32.2. The van der Waals surface area contributed by atoms with Crippen molar-refractivity contribution in [2.24, 2.45) is 0 Å². The third-order valence-electron chi connectivity index (χ3n) is 0.764. The molecule has 0 fully saturated rings. The Bertz CT molecular complexity index is 145. The predicted molar refractivity (Wildman–Crippen MR) is 49.4 cm³/mol. The van der Waals surface area contributed by atoms with Crippen molar-refractivity contribution in [1.82, 2.24) is 4.90 Å². The fraction of sp³-hybridized carbons (Fsp3) is 0.667. The summed E-state index contributed by atoms with van der Waals surface area (Å²) in [5.41, 5.74) is 0. The molecule has 4 heteroatoms. The number of nitrogens with zero attached hydrogens (tertiary/aromatic N) is 1. The van der Waals surface area contributed by atoms with Crippen molar-refractivity contribution in [2.75, 3.05) is 19.8 Å². The van der Waals surface area contributed by atoms with Crippen LogP contribution in [0, 0.1) is 0 Å². The fourth-order valence-electron chi connectivity index (χ4n) is 0.292. The first-order valence-corrected chi connectivity index (χ1v) is 4.27. The van der Waals surface area contributed by atoms with Crippen molar-refractivity contribution in [2.45, 2.75) is 6.92 Å². The minimum atomic E-state index is 0.161. The lowest BCUT2D eigenvalue weighted by molar-refractivity contribution is -0.114. The molecular weight excluding hydrogens is 166 g/mol. The molecule has 0 saturated carbocycles. The molecule has 0 radical (unpaired) electrons. The normalized spacial score (nSPS) is 9.10. The van der Waals surface area contributed by atoms with E-state index in [0.717, 1.165) is 4.32 Å². The number of thiocarbonyl (C=S) groups is 1. The van der Waals surface area contributed by atoms with Crippen LogP contribution in [0.2, 0.25) is 0 Å². The van der Waals surface area contributed by atoms with Gasteiger partial charge in [-0.05, 0) is 6.92 Å². The fourth-order valence-corrected chi connectivity index (χ4v) is 1.05. The number of carbonyl (C=O) groups is 1. The van der Waals surface area contributed by atoms with E-state index < -0.39 is 0 Å². The summed E-state index contributed by atoms with van der Waals surface area (Å²) in [7, 11) is 3.74. The molecule has 0 heterocycles. The quantitative estimate of drug-likeness (QED) is 0.589. The van der Waals surface area contributed by atoms with E-state index in [4.69, 9.17) is 12.2 Å². The highest BCUT2D eigenvalue weighted by Gasteiger charge is 2.00. The Hall–Kier alpha value is -0.0900. The number of Topliss-reactive ketones (excluding diaryl/α,β-unsaturated/α-hetero) is 1. The zero-order valence-electron chi connectivity index (χ0n) is 6.38. The second-order valence-electron chi connectivity index (χ2n) is 2.15. The van der Waals surface area contributed by atoms with Gasteiger partial charge in [-0.1, -0.05) is 24.0 Å². The highest BCUT2D eigenvalue weighted by molar-refractivity contribution is 8.23. The van der Waals surface area contributed by atoms with Gasteiger partial charge in [-0.15, -0.1) is 0 Å². The second-order valence-corrected chi connectivity index (χ2v) is 3.76. The lowest BCUT2D eigenvalue weighted by atomic mass is 10.5. The van der Waals surface area contributed by atoms with Crippen molar-refractivity contribution < 1.29 is 4.79 Å². The molecule has 10 heavy (non-hydrogen) atoms. The maximum absolute atomic E-state index is 10.5. The summed E-state index contributed by atoms with van der Waals surface area (Å²) in [4.78, 5) is 12.3. The van der Waals surface area contributed by atoms with E-state index in [1.54, 1.807) is 6.92 Å². The molecule has 0 amide bonds. The van der Waals surface area contributed by atoms with Crippen LogP contribution in [-0.2, 0) is 4.79 Å². The zero-order chi connectivity index (χ0) is 8.15. The van der Waals surface area contributed by atoms with Gasteiger partial charge in [0.05, 0.1) is 5.75 Å². The average Bonchev–Trinajstić information content (AvgIpc) is 1.82. The van der Waals surface area contributed by atoms with Crippen molar-refractivity contribution in [3.05, 3.63) is 0 Å². The summed E-state index contributed by atoms with van der Waals surface area (Å²) in [6.45, 7) is 1.56. The van der Waals surface area contributed by atoms with Crippen LogP contribution in [0.4, 0.5) is 0 Å². The SMILES string of the molecule is CC(=O)CSC(=S)N(C)C. The summed E-state index contributed by atoms with van der Waals surface area (Å²) in [5.74, 6) is 0.644. The van der Waals surface area contributed by atoms with Gasteiger partial charge in [0.1, 0.15) is 10.1 Å². The minimum absolute atomic E-state index is 0.161. The topological polar surface area (TPSA) is 20.3 Å². The summed E-state index contributed by atoms with van der Waals surface area (Å²) in [5, 5.41) is 0. The Labute approximate surface area is 71.0 Å². The van der Waals surface area contributed by atoms with Gasteiger partial charge in [0.2, 0.25) is 0 Å². The van der Waals surface area contributed by atoms with Gasteiger partial charge in [-0.3, -0.25) is 4.79 Å². The second kappa shape index (κ2) is 4.68. The van der Waals surface area contributed by atoms with Crippen LogP contribution in [0.3, 0.4) is 0 Å². The molecule has 0 aliphatic rings. The van der Waals surface area contributed by atoms with Crippen LogP contribution in [0.15, 0.2) is 0 Å². The van der Waals surface area contributed by atoms with E-state index >= 15 is 0 Å². The molecule has 0 spiro atoms. The molecule has 0 bridgehead atoms. The number of hydrogen-bond acceptors (Lipinski definition) is 3. The maximum atomic E-state index is 10.5. The molecule has 0 aromatic heterocycles. The molecule has 0 N–H and O–H groups in total. The van der Waals surface area contributed by atoms with Crippen molar-refractivity contribution in [1.29, 1.82) is 0 Å². The van der Waals surface area contributed by atoms with Gasteiger partial charge in [-0.2, -0.15) is 0 Å². The molecule has 0 aliphatic carbocycles. The van der Waals surface area contributed by atoms with Gasteiger partial charge in [0.25, 0.3) is 0 Å². The average molecular weight is 177 g/mol. The van der Waals surface area contributed by atoms with Crippen LogP contribution in [0.5, 0.6) is 0 Å². The molecule has 0 aliphatic heterocycles. The van der Waals surface area contributed by atoms with E-state index in [-0.39, 0.29) is 5.78 Å². The van der Waals surface area contributed by atoms with E-state index in [1.807, 2.05) is 19.0 Å². The van der Waals surface area contributed by atoms with Crippen molar-refractivity contribution in [3.63, 3.8) is 0 Å². The van der Waals surface area contributed by atoms with Gasteiger partial charge in [0.15, 0.2) is 0 Å². The van der Waals surface area contributed by atoms with E-state index in [2.05, 4.69) is 0 Å². The van der Waals surface area contributed by atoms with Gasteiger partial charge in [0, 0.05) is 14.1 Å². The van der Waals surface area contributed by atoms with E-state index in [9.17, 15) is 4.79 Å². The summed E-state index contributed by atoms with van der Waals surface area (Å²) in [6, 6.07) is 0. The number of carbonyl (C=O) groups excluding carboxylic acids is 1. The lowest BCUT2D eigenvalue weighted by Crippen LogP contribution is -2.17. The molecule has 58 valence electrons. The first-order chi connectivity index (χ1) is 4.54. The Morgan fingerprint density at radius 3 is 2.40 bits per heavy atom.